The van der Waals surface area contributed by atoms with Crippen molar-refractivity contribution in [2.24, 2.45) is 0 Å². The molecule has 8 nitrogen and oxygen atoms in total. The summed E-state index contributed by atoms with van der Waals surface area (Å²) >= 11 is 0. The zero-order valence-electron chi connectivity index (χ0n) is 19.6. The van der Waals surface area contributed by atoms with Crippen LogP contribution < -0.4 is 15.1 Å². The lowest BCUT2D eigenvalue weighted by Crippen LogP contribution is -2.46. The maximum atomic E-state index is 12.3. The van der Waals surface area contributed by atoms with Gasteiger partial charge in [0.2, 0.25) is 0 Å². The van der Waals surface area contributed by atoms with E-state index in [1.165, 1.54) is 5.69 Å². The van der Waals surface area contributed by atoms with Crippen molar-refractivity contribution in [3.05, 3.63) is 97.2 Å². The molecule has 178 valence electrons. The molecule has 1 saturated heterocycles. The van der Waals surface area contributed by atoms with Crippen LogP contribution in [0.25, 0.3) is 22.2 Å². The monoisotopic (exact) mass is 475 g/mol. The largest absolute Gasteiger partial charge is 0.368 e. The molecule has 0 atom stereocenters. The molecule has 4 heterocycles. The number of amides is 1. The quantitative estimate of drug-likeness (QED) is 0.386. The average molecular weight is 476 g/mol. The maximum Gasteiger partial charge on any atom is 0.272 e. The fraction of sp³-hybridized carbons (Fsp3) is 0.143. The summed E-state index contributed by atoms with van der Waals surface area (Å²) in [7, 11) is 0. The van der Waals surface area contributed by atoms with E-state index in [2.05, 4.69) is 54.3 Å². The Morgan fingerprint density at radius 3 is 2.33 bits per heavy atom. The Morgan fingerprint density at radius 1 is 0.833 bits per heavy atom. The summed E-state index contributed by atoms with van der Waals surface area (Å²) < 4.78 is 0. The molecule has 0 radical (unpaired) electrons. The minimum Gasteiger partial charge on any atom is -0.368 e. The van der Waals surface area contributed by atoms with Gasteiger partial charge in [0.05, 0.1) is 17.2 Å². The van der Waals surface area contributed by atoms with Crippen LogP contribution in [-0.2, 0) is 0 Å². The van der Waals surface area contributed by atoms with Gasteiger partial charge in [0.1, 0.15) is 11.5 Å². The van der Waals surface area contributed by atoms with Crippen LogP contribution in [0.1, 0.15) is 10.5 Å². The molecule has 6 rings (SSSR count). The first-order valence-electron chi connectivity index (χ1n) is 11.9. The molecule has 1 aliphatic rings. The number of anilines is 3. The molecule has 0 aliphatic carbocycles. The summed E-state index contributed by atoms with van der Waals surface area (Å²) in [4.78, 5) is 33.6. The molecule has 1 fully saturated rings. The van der Waals surface area contributed by atoms with Gasteiger partial charge in [-0.05, 0) is 59.7 Å². The van der Waals surface area contributed by atoms with Crippen LogP contribution in [-0.4, -0.2) is 52.0 Å². The van der Waals surface area contributed by atoms with Gasteiger partial charge < -0.3 is 20.1 Å². The number of pyridine rings is 1. The minimum absolute atomic E-state index is 0.164. The van der Waals surface area contributed by atoms with Gasteiger partial charge in [-0.2, -0.15) is 0 Å². The van der Waals surface area contributed by atoms with Gasteiger partial charge in [-0.15, -0.1) is 0 Å². The number of fused-ring (bicyclic) bond motifs is 1. The molecular formula is C28H25N7O. The van der Waals surface area contributed by atoms with Crippen molar-refractivity contribution >= 4 is 34.1 Å². The fourth-order valence-corrected chi connectivity index (χ4v) is 4.50. The highest BCUT2D eigenvalue weighted by molar-refractivity contribution is 6.03. The van der Waals surface area contributed by atoms with E-state index in [0.717, 1.165) is 59.8 Å². The molecule has 0 saturated carbocycles. The lowest BCUT2D eigenvalue weighted by Gasteiger charge is -2.36. The van der Waals surface area contributed by atoms with Crippen molar-refractivity contribution in [1.82, 2.24) is 19.9 Å². The molecule has 1 aliphatic heterocycles. The van der Waals surface area contributed by atoms with Crippen LogP contribution in [0.2, 0.25) is 0 Å². The van der Waals surface area contributed by atoms with E-state index in [-0.39, 0.29) is 5.91 Å². The van der Waals surface area contributed by atoms with Crippen molar-refractivity contribution in [1.29, 1.82) is 0 Å². The second-order valence-electron chi connectivity index (χ2n) is 8.73. The maximum absolute atomic E-state index is 12.3. The van der Waals surface area contributed by atoms with E-state index >= 15 is 0 Å². The van der Waals surface area contributed by atoms with Crippen molar-refractivity contribution in [2.75, 3.05) is 41.3 Å². The zero-order chi connectivity index (χ0) is 24.3. The number of rotatable bonds is 5. The lowest BCUT2D eigenvalue weighted by atomic mass is 10.0. The zero-order valence-corrected chi connectivity index (χ0v) is 19.6. The Bertz CT molecular complexity index is 1480. The molecule has 2 aromatic carbocycles. The van der Waals surface area contributed by atoms with Gasteiger partial charge >= 0.3 is 0 Å². The molecule has 1 amide bonds. The van der Waals surface area contributed by atoms with Crippen molar-refractivity contribution in [2.45, 2.75) is 0 Å². The number of piperazine rings is 1. The van der Waals surface area contributed by atoms with E-state index < -0.39 is 0 Å². The second-order valence-corrected chi connectivity index (χ2v) is 8.73. The second kappa shape index (κ2) is 9.50. The van der Waals surface area contributed by atoms with Crippen molar-refractivity contribution in [3.63, 3.8) is 0 Å². The normalized spacial score (nSPS) is 13.7. The summed E-state index contributed by atoms with van der Waals surface area (Å²) in [5.74, 6) is 0.735. The SMILES string of the molecule is O=C(Nc1ccc(-c2ccc3ncc(N4CCN(c5ccncc5)CC4)nc3c2)cc1)c1ccc[nH]1. The Kier molecular flexibility index (Phi) is 5.75. The molecule has 0 unspecified atom stereocenters. The molecule has 5 aromatic rings. The number of hydrogen-bond acceptors (Lipinski definition) is 6. The predicted octanol–water partition coefficient (Wildman–Crippen LogP) is 4.60. The average Bonchev–Trinajstić information content (AvgIpc) is 3.49. The predicted molar refractivity (Wildman–Crippen MR) is 142 cm³/mol. The third-order valence-electron chi connectivity index (χ3n) is 6.48. The number of benzene rings is 2. The number of carbonyl (C=O) groups is 1. The van der Waals surface area contributed by atoms with Crippen molar-refractivity contribution in [3.8, 4) is 11.1 Å². The minimum atomic E-state index is -0.164. The van der Waals surface area contributed by atoms with E-state index in [0.29, 0.717) is 5.69 Å². The summed E-state index contributed by atoms with van der Waals surface area (Å²) in [5, 5.41) is 2.91. The van der Waals surface area contributed by atoms with Gasteiger partial charge in [-0.1, -0.05) is 18.2 Å². The first kappa shape index (κ1) is 21.8. The van der Waals surface area contributed by atoms with Crippen LogP contribution in [0.4, 0.5) is 17.2 Å². The Balaban J connectivity index is 1.17. The highest BCUT2D eigenvalue weighted by Gasteiger charge is 2.19. The highest BCUT2D eigenvalue weighted by atomic mass is 16.1. The smallest absolute Gasteiger partial charge is 0.272 e. The van der Waals surface area contributed by atoms with E-state index in [4.69, 9.17) is 4.98 Å². The molecule has 36 heavy (non-hydrogen) atoms. The van der Waals surface area contributed by atoms with E-state index in [1.807, 2.05) is 48.9 Å². The summed E-state index contributed by atoms with van der Waals surface area (Å²) in [5.41, 5.74) is 6.31. The number of aromatic nitrogens is 4. The first-order chi connectivity index (χ1) is 17.7. The molecule has 0 spiro atoms. The molecule has 3 aromatic heterocycles. The third-order valence-corrected chi connectivity index (χ3v) is 6.48. The molecule has 8 heteroatoms. The van der Waals surface area contributed by atoms with Crippen LogP contribution in [0.15, 0.2) is 91.5 Å². The van der Waals surface area contributed by atoms with Gasteiger partial charge in [0.25, 0.3) is 5.91 Å². The molecular weight excluding hydrogens is 450 g/mol. The van der Waals surface area contributed by atoms with Gasteiger partial charge in [-0.25, -0.2) is 4.98 Å². The van der Waals surface area contributed by atoms with Crippen LogP contribution in [0, 0.1) is 0 Å². The molecule has 2 N–H and O–H groups in total. The lowest BCUT2D eigenvalue weighted by molar-refractivity contribution is 0.102. The third kappa shape index (κ3) is 4.48. The van der Waals surface area contributed by atoms with E-state index in [9.17, 15) is 4.79 Å². The number of H-pyrrole nitrogens is 1. The van der Waals surface area contributed by atoms with Gasteiger partial charge in [-0.3, -0.25) is 14.8 Å². The number of aromatic amines is 1. The van der Waals surface area contributed by atoms with Gasteiger partial charge in [0.15, 0.2) is 0 Å². The fourth-order valence-electron chi connectivity index (χ4n) is 4.50. The van der Waals surface area contributed by atoms with Crippen LogP contribution in [0.5, 0.6) is 0 Å². The Labute approximate surface area is 208 Å². The Hall–Kier alpha value is -4.72. The van der Waals surface area contributed by atoms with Crippen LogP contribution >= 0.6 is 0 Å². The number of carbonyl (C=O) groups excluding carboxylic acids is 1. The Morgan fingerprint density at radius 2 is 1.58 bits per heavy atom. The molecule has 0 bridgehead atoms. The number of nitrogens with zero attached hydrogens (tertiary/aromatic N) is 5. The highest BCUT2D eigenvalue weighted by Crippen LogP contribution is 2.26. The number of nitrogens with one attached hydrogen (secondary N) is 2. The topological polar surface area (TPSA) is 90.0 Å². The summed E-state index contributed by atoms with van der Waals surface area (Å²) in [6, 6.07) is 21.6. The first-order valence-corrected chi connectivity index (χ1v) is 11.9. The van der Waals surface area contributed by atoms with E-state index in [1.54, 1.807) is 18.3 Å². The van der Waals surface area contributed by atoms with Crippen LogP contribution in [0.3, 0.4) is 0 Å². The standard InChI is InChI=1S/C28H25N7O/c36-28(25-2-1-11-30-25)32-22-6-3-20(4-7-22)21-5-8-24-26(18-21)33-27(19-31-24)35-16-14-34(15-17-35)23-9-12-29-13-10-23/h1-13,18-19,30H,14-17H2,(H,32,36). The number of hydrogen-bond donors (Lipinski definition) is 2. The van der Waals surface area contributed by atoms with Crippen molar-refractivity contribution < 1.29 is 4.79 Å². The summed E-state index contributed by atoms with van der Waals surface area (Å²) in [6.45, 7) is 3.63. The van der Waals surface area contributed by atoms with Gasteiger partial charge in [0, 0.05) is 56.1 Å². The summed E-state index contributed by atoms with van der Waals surface area (Å²) in [6.07, 6.45) is 7.27.